The van der Waals surface area contributed by atoms with Crippen molar-refractivity contribution in [2.75, 3.05) is 13.1 Å². The van der Waals surface area contributed by atoms with Gasteiger partial charge in [-0.2, -0.15) is 4.31 Å². The van der Waals surface area contributed by atoms with Gasteiger partial charge in [-0.1, -0.05) is 41.6 Å². The fourth-order valence-corrected chi connectivity index (χ4v) is 5.76. The lowest BCUT2D eigenvalue weighted by atomic mass is 10.0. The average Bonchev–Trinajstić information content (AvgIpc) is 3.09. The molecular weight excluding hydrogens is 372 g/mol. The lowest BCUT2D eigenvalue weighted by Crippen LogP contribution is -2.51. The zero-order chi connectivity index (χ0) is 20.1. The van der Waals surface area contributed by atoms with Crippen molar-refractivity contribution in [2.45, 2.75) is 38.6 Å². The number of hydrogen-bond acceptors (Lipinski definition) is 4. The fourth-order valence-electron chi connectivity index (χ4n) is 3.67. The second kappa shape index (κ2) is 6.83. The van der Waals surface area contributed by atoms with Gasteiger partial charge in [-0.15, -0.1) is 5.10 Å². The van der Waals surface area contributed by atoms with Gasteiger partial charge in [0.2, 0.25) is 10.0 Å². The van der Waals surface area contributed by atoms with Gasteiger partial charge in [-0.3, -0.25) is 0 Å². The highest BCUT2D eigenvalue weighted by Crippen LogP contribution is 2.33. The van der Waals surface area contributed by atoms with Crippen molar-refractivity contribution in [3.05, 3.63) is 64.8 Å². The molecule has 0 unspecified atom stereocenters. The molecule has 0 spiro atoms. The molecule has 3 aromatic rings. The van der Waals surface area contributed by atoms with Gasteiger partial charge in [0.15, 0.2) is 0 Å². The average molecular weight is 397 g/mol. The van der Waals surface area contributed by atoms with E-state index in [0.717, 1.165) is 33.5 Å². The summed E-state index contributed by atoms with van der Waals surface area (Å²) >= 11 is 0. The van der Waals surface area contributed by atoms with Crippen LogP contribution < -0.4 is 0 Å². The van der Waals surface area contributed by atoms with Crippen molar-refractivity contribution in [3.63, 3.8) is 0 Å². The molecule has 0 atom stereocenters. The first-order valence-electron chi connectivity index (χ1n) is 9.34. The van der Waals surface area contributed by atoms with Crippen LogP contribution in [0.2, 0.25) is 0 Å². The highest BCUT2D eigenvalue weighted by atomic mass is 32.2. The third-order valence-electron chi connectivity index (χ3n) is 5.68. The van der Waals surface area contributed by atoms with Gasteiger partial charge in [0.05, 0.1) is 17.1 Å². The van der Waals surface area contributed by atoms with Crippen molar-refractivity contribution in [1.29, 1.82) is 0 Å². The second-order valence-corrected chi connectivity index (χ2v) is 9.39. The first-order chi connectivity index (χ1) is 13.3. The molecule has 6 nitrogen and oxygen atoms in total. The van der Waals surface area contributed by atoms with Crippen LogP contribution in [0.25, 0.3) is 11.3 Å². The van der Waals surface area contributed by atoms with Crippen molar-refractivity contribution in [3.8, 4) is 11.3 Å². The van der Waals surface area contributed by atoms with Crippen molar-refractivity contribution in [2.24, 2.45) is 0 Å². The van der Waals surface area contributed by atoms with E-state index in [2.05, 4.69) is 10.3 Å². The van der Waals surface area contributed by atoms with Gasteiger partial charge in [0, 0.05) is 18.7 Å². The molecule has 0 amide bonds. The molecule has 2 heterocycles. The number of rotatable bonds is 4. The zero-order valence-electron chi connectivity index (χ0n) is 16.5. The Hall–Kier alpha value is -2.51. The predicted octanol–water partition coefficient (Wildman–Crippen LogP) is 3.42. The van der Waals surface area contributed by atoms with Crippen LogP contribution in [0.3, 0.4) is 0 Å². The lowest BCUT2D eigenvalue weighted by molar-refractivity contribution is 0.188. The number of aromatic nitrogens is 3. The first kappa shape index (κ1) is 18.8. The van der Waals surface area contributed by atoms with Gasteiger partial charge in [-0.05, 0) is 49.9 Å². The monoisotopic (exact) mass is 396 g/mol. The van der Waals surface area contributed by atoms with E-state index in [4.69, 9.17) is 0 Å². The molecule has 0 aliphatic carbocycles. The Labute approximate surface area is 165 Å². The van der Waals surface area contributed by atoms with Gasteiger partial charge >= 0.3 is 0 Å². The van der Waals surface area contributed by atoms with Crippen LogP contribution in [0.5, 0.6) is 0 Å². The Kier molecular flexibility index (Phi) is 4.59. The topological polar surface area (TPSA) is 68.1 Å². The lowest BCUT2D eigenvalue weighted by Gasteiger charge is -2.38. The molecule has 0 saturated carbocycles. The first-order valence-corrected chi connectivity index (χ1v) is 10.8. The summed E-state index contributed by atoms with van der Waals surface area (Å²) in [4.78, 5) is 0.451. The normalized spacial score (nSPS) is 15.6. The molecule has 1 fully saturated rings. The minimum Gasteiger partial charge on any atom is -0.246 e. The zero-order valence-corrected chi connectivity index (χ0v) is 17.4. The van der Waals surface area contributed by atoms with Gasteiger partial charge in [0.1, 0.15) is 5.69 Å². The SMILES string of the molecule is Cc1cc(C)c(C)c(S(=O)(=O)N2CC(n3cc(-c4ccccc4)nn3)C2)c1C. The largest absolute Gasteiger partial charge is 0.246 e. The number of benzene rings is 2. The summed E-state index contributed by atoms with van der Waals surface area (Å²) in [6.07, 6.45) is 1.89. The van der Waals surface area contributed by atoms with E-state index in [9.17, 15) is 8.42 Å². The Morgan fingerprint density at radius 3 is 2.18 bits per heavy atom. The smallest absolute Gasteiger partial charge is 0.243 e. The maximum Gasteiger partial charge on any atom is 0.243 e. The van der Waals surface area contributed by atoms with Crippen molar-refractivity contribution >= 4 is 10.0 Å². The molecule has 0 radical (unpaired) electrons. The van der Waals surface area contributed by atoms with Crippen molar-refractivity contribution in [1.82, 2.24) is 19.3 Å². The maximum absolute atomic E-state index is 13.2. The highest BCUT2D eigenvalue weighted by molar-refractivity contribution is 7.89. The van der Waals surface area contributed by atoms with Gasteiger partial charge in [-0.25, -0.2) is 13.1 Å². The number of sulfonamides is 1. The summed E-state index contributed by atoms with van der Waals surface area (Å²) in [5.41, 5.74) is 5.46. The van der Waals surface area contributed by atoms with Crippen LogP contribution >= 0.6 is 0 Å². The summed E-state index contributed by atoms with van der Waals surface area (Å²) in [7, 11) is -3.52. The molecule has 1 saturated heterocycles. The third kappa shape index (κ3) is 3.04. The van der Waals surface area contributed by atoms with Crippen LogP contribution in [0.4, 0.5) is 0 Å². The summed E-state index contributed by atoms with van der Waals surface area (Å²) in [5, 5.41) is 8.44. The fraction of sp³-hybridized carbons (Fsp3) is 0.333. The highest BCUT2D eigenvalue weighted by Gasteiger charge is 2.40. The third-order valence-corrected chi connectivity index (χ3v) is 7.78. The van der Waals surface area contributed by atoms with E-state index in [0.29, 0.717) is 18.0 Å². The van der Waals surface area contributed by atoms with Crippen LogP contribution in [0, 0.1) is 27.7 Å². The van der Waals surface area contributed by atoms with E-state index in [1.807, 2.05) is 70.3 Å². The van der Waals surface area contributed by atoms with E-state index >= 15 is 0 Å². The Bertz CT molecular complexity index is 1100. The summed E-state index contributed by atoms with van der Waals surface area (Å²) in [6.45, 7) is 8.50. The quantitative estimate of drug-likeness (QED) is 0.678. The molecule has 7 heteroatoms. The van der Waals surface area contributed by atoms with Crippen molar-refractivity contribution < 1.29 is 8.42 Å². The molecule has 28 heavy (non-hydrogen) atoms. The van der Waals surface area contributed by atoms with E-state index < -0.39 is 10.0 Å². The summed E-state index contributed by atoms with van der Waals surface area (Å²) < 4.78 is 29.8. The molecule has 1 aliphatic rings. The molecule has 2 aromatic carbocycles. The van der Waals surface area contributed by atoms with Crippen LogP contribution in [0.1, 0.15) is 28.3 Å². The van der Waals surface area contributed by atoms with Crippen LogP contribution in [0.15, 0.2) is 47.5 Å². The maximum atomic E-state index is 13.2. The minimum absolute atomic E-state index is 0.00579. The molecular formula is C21H24N4O2S. The molecule has 0 bridgehead atoms. The molecule has 1 aromatic heterocycles. The van der Waals surface area contributed by atoms with Crippen LogP contribution in [-0.2, 0) is 10.0 Å². The summed E-state index contributed by atoms with van der Waals surface area (Å²) in [6, 6.07) is 11.9. The molecule has 146 valence electrons. The van der Waals surface area contributed by atoms with Gasteiger partial charge in [0.25, 0.3) is 0 Å². The Morgan fingerprint density at radius 1 is 0.964 bits per heavy atom. The standard InChI is InChI=1S/C21H24N4O2S/c1-14-10-15(2)17(4)21(16(14)3)28(26,27)24-11-19(12-24)25-13-20(22-23-25)18-8-6-5-7-9-18/h5-10,13,19H,11-12H2,1-4H3. The van der Waals surface area contributed by atoms with E-state index in [1.54, 1.807) is 4.68 Å². The molecule has 1 aliphatic heterocycles. The van der Waals surface area contributed by atoms with Gasteiger partial charge < -0.3 is 0 Å². The number of hydrogen-bond donors (Lipinski definition) is 0. The Morgan fingerprint density at radius 2 is 1.57 bits per heavy atom. The molecule has 4 rings (SSSR count). The predicted molar refractivity (Wildman–Crippen MR) is 109 cm³/mol. The second-order valence-electron chi connectivity index (χ2n) is 7.52. The number of aryl methyl sites for hydroxylation is 2. The van der Waals surface area contributed by atoms with E-state index in [1.165, 1.54) is 4.31 Å². The summed E-state index contributed by atoms with van der Waals surface area (Å²) in [5.74, 6) is 0. The van der Waals surface area contributed by atoms with Crippen LogP contribution in [-0.4, -0.2) is 40.8 Å². The van der Waals surface area contributed by atoms with E-state index in [-0.39, 0.29) is 6.04 Å². The number of nitrogens with zero attached hydrogens (tertiary/aromatic N) is 4. The minimum atomic E-state index is -3.52. The Balaban J connectivity index is 1.55. The molecule has 0 N–H and O–H groups in total.